The van der Waals surface area contributed by atoms with Crippen molar-refractivity contribution in [2.45, 2.75) is 6.42 Å². The van der Waals surface area contributed by atoms with Gasteiger partial charge in [0.1, 0.15) is 0 Å². The van der Waals surface area contributed by atoms with E-state index in [-0.39, 0.29) is 18.9 Å². The van der Waals surface area contributed by atoms with Crippen LogP contribution < -0.4 is 0 Å². The molecule has 0 atom stereocenters. The smallest absolute Gasteiger partial charge is 0.310 e. The second-order valence-electron chi connectivity index (χ2n) is 6.70. The van der Waals surface area contributed by atoms with Gasteiger partial charge in [0, 0.05) is 36.8 Å². The maximum absolute atomic E-state index is 12.1. The molecule has 0 aliphatic carbocycles. The summed E-state index contributed by atoms with van der Waals surface area (Å²) in [6.45, 7) is 2.85. The Kier molecular flexibility index (Phi) is 6.48. The number of nitrogens with zero attached hydrogens (tertiary/aromatic N) is 2. The number of amides is 1. The van der Waals surface area contributed by atoms with Gasteiger partial charge in [-0.2, -0.15) is 0 Å². The molecule has 0 aromatic heterocycles. The molecule has 0 radical (unpaired) electrons. The minimum absolute atomic E-state index is 0.134. The first kappa shape index (κ1) is 19.4. The molecule has 1 saturated heterocycles. The number of hydrogen-bond donors (Lipinski definition) is 0. The van der Waals surface area contributed by atoms with Crippen LogP contribution >= 0.6 is 11.6 Å². The summed E-state index contributed by atoms with van der Waals surface area (Å²) in [6.07, 6.45) is 0.138. The third kappa shape index (κ3) is 5.31. The van der Waals surface area contributed by atoms with E-state index in [1.165, 1.54) is 0 Å². The SMILES string of the molecule is CN1CCN(C(=O)COC(=O)Cc2ccc(-c3ccccc3Cl)cc2)CC1. The molecule has 1 aliphatic heterocycles. The Labute approximate surface area is 164 Å². The highest BCUT2D eigenvalue weighted by atomic mass is 35.5. The first-order valence-electron chi connectivity index (χ1n) is 8.99. The predicted octanol–water partition coefficient (Wildman–Crippen LogP) is 2.87. The standard InChI is InChI=1S/C21H23ClN2O3/c1-23-10-12-24(13-11-23)20(25)15-27-21(26)14-16-6-8-17(9-7-16)18-4-2-3-5-19(18)22/h2-9H,10-15H2,1H3. The predicted molar refractivity (Wildman–Crippen MR) is 106 cm³/mol. The molecular weight excluding hydrogens is 364 g/mol. The number of ether oxygens (including phenoxy) is 1. The van der Waals surface area contributed by atoms with Gasteiger partial charge in [-0.25, -0.2) is 0 Å². The number of piperazine rings is 1. The van der Waals surface area contributed by atoms with Crippen LogP contribution in [0.4, 0.5) is 0 Å². The molecule has 142 valence electrons. The number of benzene rings is 2. The van der Waals surface area contributed by atoms with Gasteiger partial charge in [0.15, 0.2) is 6.61 Å². The van der Waals surface area contributed by atoms with Crippen LogP contribution in [0.5, 0.6) is 0 Å². The lowest BCUT2D eigenvalue weighted by atomic mass is 10.0. The van der Waals surface area contributed by atoms with Crippen molar-refractivity contribution in [3.05, 3.63) is 59.1 Å². The molecule has 0 bridgehead atoms. The fourth-order valence-electron chi connectivity index (χ4n) is 3.00. The molecule has 2 aromatic rings. The summed E-state index contributed by atoms with van der Waals surface area (Å²) in [5.41, 5.74) is 2.77. The number of hydrogen-bond acceptors (Lipinski definition) is 4. The highest BCUT2D eigenvalue weighted by molar-refractivity contribution is 6.33. The second kappa shape index (κ2) is 9.02. The molecule has 2 aromatic carbocycles. The van der Waals surface area contributed by atoms with E-state index in [0.717, 1.165) is 29.8 Å². The summed E-state index contributed by atoms with van der Waals surface area (Å²) in [5, 5.41) is 0.687. The lowest BCUT2D eigenvalue weighted by molar-refractivity contribution is -0.152. The van der Waals surface area contributed by atoms with Crippen LogP contribution in [0.2, 0.25) is 5.02 Å². The Morgan fingerprint density at radius 2 is 1.67 bits per heavy atom. The number of rotatable bonds is 5. The zero-order valence-corrected chi connectivity index (χ0v) is 16.1. The Morgan fingerprint density at radius 1 is 1.00 bits per heavy atom. The minimum atomic E-state index is -0.400. The van der Waals surface area contributed by atoms with Crippen LogP contribution in [0, 0.1) is 0 Å². The fraction of sp³-hybridized carbons (Fsp3) is 0.333. The van der Waals surface area contributed by atoms with Gasteiger partial charge >= 0.3 is 5.97 Å². The molecule has 5 nitrogen and oxygen atoms in total. The Balaban J connectivity index is 1.49. The molecule has 1 heterocycles. The van der Waals surface area contributed by atoms with Crippen molar-refractivity contribution in [3.8, 4) is 11.1 Å². The number of esters is 1. The third-order valence-corrected chi connectivity index (χ3v) is 5.03. The fourth-order valence-corrected chi connectivity index (χ4v) is 3.25. The van der Waals surface area contributed by atoms with E-state index in [9.17, 15) is 9.59 Å². The van der Waals surface area contributed by atoms with Gasteiger partial charge in [0.25, 0.3) is 5.91 Å². The lowest BCUT2D eigenvalue weighted by Crippen LogP contribution is -2.48. The second-order valence-corrected chi connectivity index (χ2v) is 7.11. The monoisotopic (exact) mass is 386 g/mol. The van der Waals surface area contributed by atoms with Crippen LogP contribution in [0.1, 0.15) is 5.56 Å². The first-order valence-corrected chi connectivity index (χ1v) is 9.36. The van der Waals surface area contributed by atoms with Crippen molar-refractivity contribution >= 4 is 23.5 Å². The van der Waals surface area contributed by atoms with Crippen molar-refractivity contribution in [1.29, 1.82) is 0 Å². The molecule has 1 amide bonds. The van der Waals surface area contributed by atoms with E-state index < -0.39 is 5.97 Å². The van der Waals surface area contributed by atoms with E-state index in [1.54, 1.807) is 4.90 Å². The molecule has 0 unspecified atom stereocenters. The van der Waals surface area contributed by atoms with Gasteiger partial charge in [0.05, 0.1) is 6.42 Å². The average molecular weight is 387 g/mol. The summed E-state index contributed by atoms with van der Waals surface area (Å²) < 4.78 is 5.16. The van der Waals surface area contributed by atoms with Crippen LogP contribution in [0.3, 0.4) is 0 Å². The number of carbonyl (C=O) groups excluding carboxylic acids is 2. The average Bonchev–Trinajstić information content (AvgIpc) is 2.68. The van der Waals surface area contributed by atoms with Crippen molar-refractivity contribution < 1.29 is 14.3 Å². The van der Waals surface area contributed by atoms with Crippen LogP contribution in [-0.2, 0) is 20.7 Å². The number of likely N-dealkylation sites (N-methyl/N-ethyl adjacent to an activating group) is 1. The van der Waals surface area contributed by atoms with E-state index >= 15 is 0 Å². The van der Waals surface area contributed by atoms with Crippen molar-refractivity contribution in [3.63, 3.8) is 0 Å². The number of carbonyl (C=O) groups is 2. The van der Waals surface area contributed by atoms with Gasteiger partial charge in [-0.15, -0.1) is 0 Å². The Hall–Kier alpha value is -2.37. The van der Waals surface area contributed by atoms with E-state index in [2.05, 4.69) is 4.90 Å². The highest BCUT2D eigenvalue weighted by Gasteiger charge is 2.20. The molecule has 0 saturated carbocycles. The molecule has 1 aliphatic rings. The summed E-state index contributed by atoms with van der Waals surface area (Å²) in [4.78, 5) is 28.1. The Morgan fingerprint density at radius 3 is 2.33 bits per heavy atom. The van der Waals surface area contributed by atoms with Crippen LogP contribution in [-0.4, -0.2) is 61.5 Å². The van der Waals surface area contributed by atoms with Crippen LogP contribution in [0.15, 0.2) is 48.5 Å². The van der Waals surface area contributed by atoms with Crippen LogP contribution in [0.25, 0.3) is 11.1 Å². The zero-order valence-electron chi connectivity index (χ0n) is 15.4. The Bertz CT molecular complexity index is 799. The molecular formula is C21H23ClN2O3. The van der Waals surface area contributed by atoms with Gasteiger partial charge in [-0.05, 0) is 24.2 Å². The number of halogens is 1. The summed E-state index contributed by atoms with van der Waals surface area (Å²) in [6, 6.07) is 15.2. The van der Waals surface area contributed by atoms with Gasteiger partial charge < -0.3 is 14.5 Å². The summed E-state index contributed by atoms with van der Waals surface area (Å²) in [7, 11) is 2.03. The zero-order chi connectivity index (χ0) is 19.2. The topological polar surface area (TPSA) is 49.9 Å². The summed E-state index contributed by atoms with van der Waals surface area (Å²) in [5.74, 6) is -0.534. The third-order valence-electron chi connectivity index (χ3n) is 4.70. The largest absolute Gasteiger partial charge is 0.455 e. The van der Waals surface area contributed by atoms with E-state index in [0.29, 0.717) is 18.1 Å². The highest BCUT2D eigenvalue weighted by Crippen LogP contribution is 2.27. The minimum Gasteiger partial charge on any atom is -0.455 e. The molecule has 1 fully saturated rings. The molecule has 3 rings (SSSR count). The molecule has 6 heteroatoms. The lowest BCUT2D eigenvalue weighted by Gasteiger charge is -2.32. The molecule has 0 spiro atoms. The normalized spacial score (nSPS) is 14.8. The van der Waals surface area contributed by atoms with Gasteiger partial charge in [0.2, 0.25) is 0 Å². The molecule has 0 N–H and O–H groups in total. The van der Waals surface area contributed by atoms with E-state index in [1.807, 2.05) is 55.6 Å². The van der Waals surface area contributed by atoms with Crippen molar-refractivity contribution in [2.24, 2.45) is 0 Å². The molecule has 27 heavy (non-hydrogen) atoms. The van der Waals surface area contributed by atoms with Gasteiger partial charge in [-0.1, -0.05) is 54.1 Å². The quantitative estimate of drug-likeness (QED) is 0.741. The van der Waals surface area contributed by atoms with Crippen molar-refractivity contribution in [1.82, 2.24) is 9.80 Å². The van der Waals surface area contributed by atoms with Crippen molar-refractivity contribution in [2.75, 3.05) is 39.8 Å². The van der Waals surface area contributed by atoms with E-state index in [4.69, 9.17) is 16.3 Å². The van der Waals surface area contributed by atoms with Gasteiger partial charge in [-0.3, -0.25) is 9.59 Å². The first-order chi connectivity index (χ1) is 13.0. The maximum atomic E-state index is 12.1. The maximum Gasteiger partial charge on any atom is 0.310 e. The summed E-state index contributed by atoms with van der Waals surface area (Å²) >= 11 is 6.21.